The predicted octanol–water partition coefficient (Wildman–Crippen LogP) is 4.35. The van der Waals surface area contributed by atoms with Crippen molar-refractivity contribution in [2.24, 2.45) is 5.92 Å². The zero-order chi connectivity index (χ0) is 13.0. The van der Waals surface area contributed by atoms with Crippen LogP contribution in [-0.4, -0.2) is 6.04 Å². The molecule has 0 bridgehead atoms. The van der Waals surface area contributed by atoms with E-state index < -0.39 is 0 Å². The zero-order valence-electron chi connectivity index (χ0n) is 11.7. The normalized spacial score (nSPS) is 23.9. The quantitative estimate of drug-likeness (QED) is 0.775. The molecule has 1 fully saturated rings. The van der Waals surface area contributed by atoms with Crippen molar-refractivity contribution in [1.82, 2.24) is 0 Å². The molecule has 3 N–H and O–H groups in total. The first kappa shape index (κ1) is 13.3. The maximum absolute atomic E-state index is 6.02. The molecule has 1 aromatic carbocycles. The molecule has 1 aliphatic rings. The molecule has 0 unspecified atom stereocenters. The standard InChI is InChI=1S/C16H26N2/c1-3-4-13-6-8-14(9-7-13)18-16-11-12(2)5-10-15(16)17/h5,10-11,13-14,18H,3-4,6-9,17H2,1-2H3. The Hall–Kier alpha value is -1.18. The molecule has 0 heterocycles. The lowest BCUT2D eigenvalue weighted by atomic mass is 9.83. The van der Waals surface area contributed by atoms with Gasteiger partial charge in [0, 0.05) is 6.04 Å². The second kappa shape index (κ2) is 6.12. The summed E-state index contributed by atoms with van der Waals surface area (Å²) in [6, 6.07) is 6.84. The summed E-state index contributed by atoms with van der Waals surface area (Å²) in [5.74, 6) is 0.961. The minimum atomic E-state index is 0.613. The topological polar surface area (TPSA) is 38.0 Å². The number of nitrogens with two attached hydrogens (primary N) is 1. The summed E-state index contributed by atoms with van der Waals surface area (Å²) in [7, 11) is 0. The molecule has 0 aliphatic heterocycles. The van der Waals surface area contributed by atoms with E-state index in [0.29, 0.717) is 6.04 Å². The van der Waals surface area contributed by atoms with Gasteiger partial charge < -0.3 is 11.1 Å². The fraction of sp³-hybridized carbons (Fsp3) is 0.625. The van der Waals surface area contributed by atoms with Crippen molar-refractivity contribution in [2.75, 3.05) is 11.1 Å². The molecule has 0 radical (unpaired) electrons. The van der Waals surface area contributed by atoms with Crippen LogP contribution in [0.5, 0.6) is 0 Å². The van der Waals surface area contributed by atoms with Crippen LogP contribution in [0.1, 0.15) is 51.0 Å². The first-order valence-electron chi connectivity index (χ1n) is 7.31. The Morgan fingerprint density at radius 2 is 1.94 bits per heavy atom. The van der Waals surface area contributed by atoms with Gasteiger partial charge in [0.05, 0.1) is 11.4 Å². The highest BCUT2D eigenvalue weighted by molar-refractivity contribution is 5.67. The van der Waals surface area contributed by atoms with Crippen LogP contribution >= 0.6 is 0 Å². The van der Waals surface area contributed by atoms with E-state index in [1.807, 2.05) is 6.07 Å². The highest BCUT2D eigenvalue weighted by Crippen LogP contribution is 2.30. The van der Waals surface area contributed by atoms with E-state index >= 15 is 0 Å². The smallest absolute Gasteiger partial charge is 0.0578 e. The maximum atomic E-state index is 6.02. The minimum Gasteiger partial charge on any atom is -0.397 e. The van der Waals surface area contributed by atoms with Gasteiger partial charge >= 0.3 is 0 Å². The summed E-state index contributed by atoms with van der Waals surface area (Å²) in [4.78, 5) is 0. The number of nitrogen functional groups attached to an aromatic ring is 1. The summed E-state index contributed by atoms with van der Waals surface area (Å²) < 4.78 is 0. The Bertz CT molecular complexity index is 379. The van der Waals surface area contributed by atoms with E-state index in [1.165, 1.54) is 44.1 Å². The highest BCUT2D eigenvalue weighted by atomic mass is 14.9. The van der Waals surface area contributed by atoms with Crippen LogP contribution in [0.4, 0.5) is 11.4 Å². The fourth-order valence-electron chi connectivity index (χ4n) is 3.02. The van der Waals surface area contributed by atoms with Crippen LogP contribution in [0.2, 0.25) is 0 Å². The fourth-order valence-corrected chi connectivity index (χ4v) is 3.02. The average molecular weight is 246 g/mol. The van der Waals surface area contributed by atoms with Gasteiger partial charge in [-0.05, 0) is 56.2 Å². The van der Waals surface area contributed by atoms with Crippen molar-refractivity contribution in [3.05, 3.63) is 23.8 Å². The molecule has 1 saturated carbocycles. The third-order valence-electron chi connectivity index (χ3n) is 4.11. The SMILES string of the molecule is CCCC1CCC(Nc2cc(C)ccc2N)CC1. The maximum Gasteiger partial charge on any atom is 0.0578 e. The van der Waals surface area contributed by atoms with Crippen LogP contribution < -0.4 is 11.1 Å². The van der Waals surface area contributed by atoms with Crippen molar-refractivity contribution in [2.45, 2.75) is 58.4 Å². The van der Waals surface area contributed by atoms with Crippen molar-refractivity contribution >= 4 is 11.4 Å². The third-order valence-corrected chi connectivity index (χ3v) is 4.11. The van der Waals surface area contributed by atoms with Crippen molar-refractivity contribution < 1.29 is 0 Å². The van der Waals surface area contributed by atoms with E-state index in [-0.39, 0.29) is 0 Å². The van der Waals surface area contributed by atoms with Gasteiger partial charge in [0.2, 0.25) is 0 Å². The van der Waals surface area contributed by atoms with Gasteiger partial charge in [-0.3, -0.25) is 0 Å². The first-order valence-corrected chi connectivity index (χ1v) is 7.31. The summed E-state index contributed by atoms with van der Waals surface area (Å²) in [6.07, 6.45) is 8.05. The minimum absolute atomic E-state index is 0.613. The molecular weight excluding hydrogens is 220 g/mol. The van der Waals surface area contributed by atoms with Crippen molar-refractivity contribution in [1.29, 1.82) is 0 Å². The summed E-state index contributed by atoms with van der Waals surface area (Å²) in [5.41, 5.74) is 9.28. The number of rotatable bonds is 4. The number of aryl methyl sites for hydroxylation is 1. The number of hydrogen-bond acceptors (Lipinski definition) is 2. The van der Waals surface area contributed by atoms with Crippen LogP contribution in [-0.2, 0) is 0 Å². The predicted molar refractivity (Wildman–Crippen MR) is 79.9 cm³/mol. The highest BCUT2D eigenvalue weighted by Gasteiger charge is 2.20. The third kappa shape index (κ3) is 3.41. The van der Waals surface area contributed by atoms with Gasteiger partial charge in [-0.15, -0.1) is 0 Å². The van der Waals surface area contributed by atoms with Crippen LogP contribution in [0.3, 0.4) is 0 Å². The first-order chi connectivity index (χ1) is 8.69. The number of nitrogens with one attached hydrogen (secondary N) is 1. The van der Waals surface area contributed by atoms with E-state index in [9.17, 15) is 0 Å². The van der Waals surface area contributed by atoms with Crippen LogP contribution in [0.25, 0.3) is 0 Å². The molecule has 2 nitrogen and oxygen atoms in total. The second-order valence-corrected chi connectivity index (χ2v) is 5.74. The number of hydrogen-bond donors (Lipinski definition) is 2. The molecule has 1 aliphatic carbocycles. The molecule has 0 saturated heterocycles. The summed E-state index contributed by atoms with van der Waals surface area (Å²) in [5, 5.41) is 3.63. The molecule has 1 aromatic rings. The van der Waals surface area contributed by atoms with Crippen molar-refractivity contribution in [3.8, 4) is 0 Å². The van der Waals surface area contributed by atoms with Gasteiger partial charge in [0.25, 0.3) is 0 Å². The molecule has 0 amide bonds. The summed E-state index contributed by atoms with van der Waals surface area (Å²) in [6.45, 7) is 4.40. The second-order valence-electron chi connectivity index (χ2n) is 5.74. The lowest BCUT2D eigenvalue weighted by Crippen LogP contribution is -2.26. The Labute approximate surface area is 111 Å². The molecule has 2 rings (SSSR count). The largest absolute Gasteiger partial charge is 0.397 e. The lowest BCUT2D eigenvalue weighted by Gasteiger charge is -2.30. The molecule has 0 spiro atoms. The molecule has 0 aromatic heterocycles. The van der Waals surface area contributed by atoms with Gasteiger partial charge in [-0.25, -0.2) is 0 Å². The Balaban J connectivity index is 1.89. The lowest BCUT2D eigenvalue weighted by molar-refractivity contribution is 0.319. The van der Waals surface area contributed by atoms with E-state index in [1.54, 1.807) is 0 Å². The Morgan fingerprint density at radius 1 is 1.22 bits per heavy atom. The van der Waals surface area contributed by atoms with E-state index in [0.717, 1.165) is 17.3 Å². The van der Waals surface area contributed by atoms with Gasteiger partial charge in [-0.2, -0.15) is 0 Å². The van der Waals surface area contributed by atoms with E-state index in [2.05, 4.69) is 31.3 Å². The van der Waals surface area contributed by atoms with E-state index in [4.69, 9.17) is 5.73 Å². The van der Waals surface area contributed by atoms with Crippen LogP contribution in [0.15, 0.2) is 18.2 Å². The van der Waals surface area contributed by atoms with Crippen LogP contribution in [0, 0.1) is 12.8 Å². The Kier molecular flexibility index (Phi) is 4.51. The van der Waals surface area contributed by atoms with Gasteiger partial charge in [0.15, 0.2) is 0 Å². The molecule has 0 atom stereocenters. The molecule has 18 heavy (non-hydrogen) atoms. The molecular formula is C16H26N2. The molecule has 2 heteroatoms. The Morgan fingerprint density at radius 3 is 2.61 bits per heavy atom. The molecule has 100 valence electrons. The monoisotopic (exact) mass is 246 g/mol. The summed E-state index contributed by atoms with van der Waals surface area (Å²) >= 11 is 0. The van der Waals surface area contributed by atoms with Crippen molar-refractivity contribution in [3.63, 3.8) is 0 Å². The zero-order valence-corrected chi connectivity index (χ0v) is 11.7. The average Bonchev–Trinajstić information content (AvgIpc) is 2.37. The van der Waals surface area contributed by atoms with Gasteiger partial charge in [0.1, 0.15) is 0 Å². The number of anilines is 2. The number of benzene rings is 1. The van der Waals surface area contributed by atoms with Gasteiger partial charge in [-0.1, -0.05) is 25.8 Å².